The first-order valence-corrected chi connectivity index (χ1v) is 7.38. The summed E-state index contributed by atoms with van der Waals surface area (Å²) in [5.74, 6) is 1.82. The highest BCUT2D eigenvalue weighted by Gasteiger charge is 2.22. The van der Waals surface area contributed by atoms with Gasteiger partial charge in [-0.2, -0.15) is 0 Å². The van der Waals surface area contributed by atoms with Crippen molar-refractivity contribution in [3.8, 4) is 0 Å². The van der Waals surface area contributed by atoms with Crippen LogP contribution in [0.3, 0.4) is 0 Å². The monoisotopic (exact) mass is 312 g/mol. The zero-order valence-electron chi connectivity index (χ0n) is 11.3. The minimum absolute atomic E-state index is 0.516. The van der Waals surface area contributed by atoms with Gasteiger partial charge in [-0.15, -0.1) is 0 Å². The van der Waals surface area contributed by atoms with Crippen LogP contribution in [0.2, 0.25) is 0 Å². The van der Waals surface area contributed by atoms with E-state index in [1.165, 1.54) is 12.8 Å². The molecule has 0 aliphatic carbocycles. The molecule has 2 rings (SSSR count). The molecule has 100 valence electrons. The van der Waals surface area contributed by atoms with Crippen LogP contribution >= 0.6 is 15.9 Å². The van der Waals surface area contributed by atoms with Crippen LogP contribution in [0, 0.1) is 0 Å². The zero-order chi connectivity index (χ0) is 13.1. The third kappa shape index (κ3) is 3.42. The standard InChI is InChI=1S/C13H21BrN4/c1-4-12-16-11(14)8-13(17-12)15-10-5-6-18(3)9(2)7-10/h8-10H,4-7H2,1-3H3,(H,15,16,17). The van der Waals surface area contributed by atoms with Crippen LogP contribution < -0.4 is 5.32 Å². The van der Waals surface area contributed by atoms with Crippen molar-refractivity contribution in [2.75, 3.05) is 18.9 Å². The third-order valence-corrected chi connectivity index (χ3v) is 4.02. The molecule has 0 radical (unpaired) electrons. The second-order valence-corrected chi connectivity index (χ2v) is 5.85. The van der Waals surface area contributed by atoms with Gasteiger partial charge in [-0.3, -0.25) is 0 Å². The first kappa shape index (κ1) is 13.7. The van der Waals surface area contributed by atoms with E-state index in [1.54, 1.807) is 0 Å². The van der Waals surface area contributed by atoms with E-state index >= 15 is 0 Å². The molecular formula is C13H21BrN4. The first-order chi connectivity index (χ1) is 8.58. The van der Waals surface area contributed by atoms with Crippen LogP contribution in [0.4, 0.5) is 5.82 Å². The Bertz CT molecular complexity index is 410. The maximum Gasteiger partial charge on any atom is 0.131 e. The molecule has 1 aliphatic rings. The fraction of sp³-hybridized carbons (Fsp3) is 0.692. The number of nitrogens with zero attached hydrogens (tertiary/aromatic N) is 3. The second kappa shape index (κ2) is 5.97. The Labute approximate surface area is 117 Å². The van der Waals surface area contributed by atoms with Gasteiger partial charge in [-0.1, -0.05) is 6.92 Å². The molecule has 18 heavy (non-hydrogen) atoms. The van der Waals surface area contributed by atoms with Gasteiger partial charge in [0.05, 0.1) is 0 Å². The maximum atomic E-state index is 4.52. The fourth-order valence-corrected chi connectivity index (χ4v) is 2.75. The summed E-state index contributed by atoms with van der Waals surface area (Å²) in [6.07, 6.45) is 3.20. The Hall–Kier alpha value is -0.680. The molecule has 1 fully saturated rings. The van der Waals surface area contributed by atoms with Crippen molar-refractivity contribution in [1.82, 2.24) is 14.9 Å². The lowest BCUT2D eigenvalue weighted by Crippen LogP contribution is -2.42. The topological polar surface area (TPSA) is 41.1 Å². The average molecular weight is 313 g/mol. The highest BCUT2D eigenvalue weighted by Crippen LogP contribution is 2.20. The number of aryl methyl sites for hydroxylation is 1. The molecule has 0 saturated carbocycles. The van der Waals surface area contributed by atoms with Crippen LogP contribution in [0.5, 0.6) is 0 Å². The van der Waals surface area contributed by atoms with Crippen molar-refractivity contribution >= 4 is 21.7 Å². The molecule has 5 heteroatoms. The predicted molar refractivity (Wildman–Crippen MR) is 77.8 cm³/mol. The summed E-state index contributed by atoms with van der Waals surface area (Å²) in [5.41, 5.74) is 0. The molecule has 4 nitrogen and oxygen atoms in total. The number of hydrogen-bond acceptors (Lipinski definition) is 4. The minimum Gasteiger partial charge on any atom is -0.367 e. The Balaban J connectivity index is 2.03. The van der Waals surface area contributed by atoms with Gasteiger partial charge in [0, 0.05) is 31.1 Å². The number of rotatable bonds is 3. The number of likely N-dealkylation sites (tertiary alicyclic amines) is 1. The van der Waals surface area contributed by atoms with E-state index in [4.69, 9.17) is 0 Å². The first-order valence-electron chi connectivity index (χ1n) is 6.58. The van der Waals surface area contributed by atoms with E-state index in [9.17, 15) is 0 Å². The molecule has 1 aromatic rings. The molecule has 1 saturated heterocycles. The summed E-state index contributed by atoms with van der Waals surface area (Å²) in [6, 6.07) is 3.11. The number of aromatic nitrogens is 2. The number of piperidine rings is 1. The van der Waals surface area contributed by atoms with Crippen molar-refractivity contribution in [1.29, 1.82) is 0 Å². The highest BCUT2D eigenvalue weighted by atomic mass is 79.9. The van der Waals surface area contributed by atoms with Crippen LogP contribution in [-0.2, 0) is 6.42 Å². The number of halogens is 1. The zero-order valence-corrected chi connectivity index (χ0v) is 12.9. The second-order valence-electron chi connectivity index (χ2n) is 5.04. The van der Waals surface area contributed by atoms with E-state index in [2.05, 4.69) is 57.0 Å². The Morgan fingerprint density at radius 3 is 2.94 bits per heavy atom. The van der Waals surface area contributed by atoms with E-state index < -0.39 is 0 Å². The van der Waals surface area contributed by atoms with Crippen LogP contribution in [-0.4, -0.2) is 40.5 Å². The Kier molecular flexibility index (Phi) is 4.56. The SMILES string of the molecule is CCc1nc(Br)cc(NC2CCN(C)C(C)C2)n1. The summed E-state index contributed by atoms with van der Waals surface area (Å²) in [6.45, 7) is 5.50. The van der Waals surface area contributed by atoms with Crippen molar-refractivity contribution in [3.05, 3.63) is 16.5 Å². The lowest BCUT2D eigenvalue weighted by Gasteiger charge is -2.35. The van der Waals surface area contributed by atoms with E-state index in [-0.39, 0.29) is 0 Å². The van der Waals surface area contributed by atoms with Gasteiger partial charge in [0.1, 0.15) is 16.2 Å². The minimum atomic E-state index is 0.516. The molecule has 2 atom stereocenters. The summed E-state index contributed by atoms with van der Waals surface area (Å²) >= 11 is 3.44. The quantitative estimate of drug-likeness (QED) is 0.871. The van der Waals surface area contributed by atoms with Gasteiger partial charge in [0.25, 0.3) is 0 Å². The van der Waals surface area contributed by atoms with E-state index in [0.29, 0.717) is 12.1 Å². The van der Waals surface area contributed by atoms with Crippen molar-refractivity contribution < 1.29 is 0 Å². The molecule has 2 unspecified atom stereocenters. The van der Waals surface area contributed by atoms with Gasteiger partial charge in [-0.25, -0.2) is 9.97 Å². The largest absolute Gasteiger partial charge is 0.367 e. The fourth-order valence-electron chi connectivity index (χ4n) is 2.33. The number of nitrogens with one attached hydrogen (secondary N) is 1. The van der Waals surface area contributed by atoms with Gasteiger partial charge < -0.3 is 10.2 Å². The smallest absolute Gasteiger partial charge is 0.131 e. The summed E-state index contributed by atoms with van der Waals surface area (Å²) in [5, 5.41) is 3.54. The normalized spacial score (nSPS) is 25.1. The van der Waals surface area contributed by atoms with Gasteiger partial charge in [0.15, 0.2) is 0 Å². The van der Waals surface area contributed by atoms with Crippen LogP contribution in [0.15, 0.2) is 10.7 Å². The lowest BCUT2D eigenvalue weighted by atomic mass is 9.99. The highest BCUT2D eigenvalue weighted by molar-refractivity contribution is 9.10. The summed E-state index contributed by atoms with van der Waals surface area (Å²) in [7, 11) is 2.19. The maximum absolute atomic E-state index is 4.52. The number of anilines is 1. The summed E-state index contributed by atoms with van der Waals surface area (Å²) < 4.78 is 0.859. The molecule has 2 heterocycles. The molecular weight excluding hydrogens is 292 g/mol. The Morgan fingerprint density at radius 2 is 2.28 bits per heavy atom. The number of hydrogen-bond donors (Lipinski definition) is 1. The van der Waals surface area contributed by atoms with E-state index in [0.717, 1.165) is 29.2 Å². The average Bonchev–Trinajstić information content (AvgIpc) is 2.33. The molecule has 0 aromatic carbocycles. The van der Waals surface area contributed by atoms with Crippen LogP contribution in [0.25, 0.3) is 0 Å². The lowest BCUT2D eigenvalue weighted by molar-refractivity contribution is 0.190. The van der Waals surface area contributed by atoms with E-state index in [1.807, 2.05) is 6.07 Å². The predicted octanol–water partition coefficient (Wildman–Crippen LogP) is 2.70. The van der Waals surface area contributed by atoms with Crippen molar-refractivity contribution in [2.24, 2.45) is 0 Å². The molecule has 0 amide bonds. The summed E-state index contributed by atoms with van der Waals surface area (Å²) in [4.78, 5) is 11.3. The molecule has 1 aliphatic heterocycles. The molecule has 0 spiro atoms. The van der Waals surface area contributed by atoms with Crippen molar-refractivity contribution in [2.45, 2.75) is 45.2 Å². The van der Waals surface area contributed by atoms with Crippen LogP contribution in [0.1, 0.15) is 32.5 Å². The van der Waals surface area contributed by atoms with Gasteiger partial charge in [0.2, 0.25) is 0 Å². The van der Waals surface area contributed by atoms with Gasteiger partial charge >= 0.3 is 0 Å². The third-order valence-electron chi connectivity index (χ3n) is 3.62. The molecule has 1 aromatic heterocycles. The van der Waals surface area contributed by atoms with Gasteiger partial charge in [-0.05, 0) is 42.7 Å². The van der Waals surface area contributed by atoms with Crippen molar-refractivity contribution in [3.63, 3.8) is 0 Å². The Morgan fingerprint density at radius 1 is 1.50 bits per heavy atom. The molecule has 0 bridgehead atoms. The molecule has 1 N–H and O–H groups in total.